The first-order chi connectivity index (χ1) is 10.1. The fraction of sp³-hybridized carbons (Fsp3) is 0.143. The maximum Gasteiger partial charge on any atom is 0.222 e. The number of amides is 1. The summed E-state index contributed by atoms with van der Waals surface area (Å²) in [4.78, 5) is 15.3. The third-order valence-electron chi connectivity index (χ3n) is 2.54. The van der Waals surface area contributed by atoms with Gasteiger partial charge in [-0.05, 0) is 12.1 Å². The molecular formula is C14H15N5O2. The van der Waals surface area contributed by atoms with E-state index in [2.05, 4.69) is 20.5 Å². The second-order valence-corrected chi connectivity index (χ2v) is 4.16. The molecule has 1 amide bonds. The van der Waals surface area contributed by atoms with Crippen LogP contribution < -0.4 is 15.8 Å². The minimum atomic E-state index is -0.275. The van der Waals surface area contributed by atoms with Gasteiger partial charge in [0.05, 0.1) is 12.8 Å². The molecule has 0 aliphatic heterocycles. The van der Waals surface area contributed by atoms with Gasteiger partial charge in [0, 0.05) is 13.0 Å². The van der Waals surface area contributed by atoms with Gasteiger partial charge in [-0.25, -0.2) is 4.98 Å². The van der Waals surface area contributed by atoms with E-state index in [1.165, 1.54) is 14.0 Å². The monoisotopic (exact) mass is 285 g/mol. The van der Waals surface area contributed by atoms with Gasteiger partial charge in [0.1, 0.15) is 5.69 Å². The number of rotatable bonds is 4. The number of ether oxygens (including phenoxy) is 1. The Morgan fingerprint density at radius 1 is 1.29 bits per heavy atom. The Morgan fingerprint density at radius 2 is 2.00 bits per heavy atom. The standard InChI is InChI=1S/C14H15N5O2/c1-9(20)16-14-11(8-12(21-2)13(15)17-14)19-18-10-6-4-3-5-7-10/h3-8H,1-2H3,(H3,15,16,17,20)/b19-18+. The zero-order chi connectivity index (χ0) is 15.2. The fourth-order valence-corrected chi connectivity index (χ4v) is 1.60. The van der Waals surface area contributed by atoms with Crippen molar-refractivity contribution in [3.8, 4) is 5.75 Å². The van der Waals surface area contributed by atoms with Crippen molar-refractivity contribution >= 4 is 28.9 Å². The molecule has 0 saturated carbocycles. The smallest absolute Gasteiger partial charge is 0.222 e. The minimum Gasteiger partial charge on any atom is -0.493 e. The van der Waals surface area contributed by atoms with Crippen LogP contribution in [0.1, 0.15) is 6.92 Å². The van der Waals surface area contributed by atoms with Crippen molar-refractivity contribution in [2.45, 2.75) is 6.92 Å². The van der Waals surface area contributed by atoms with Crippen LogP contribution >= 0.6 is 0 Å². The topological polar surface area (TPSA) is 102 Å². The number of nitrogens with one attached hydrogen (secondary N) is 1. The van der Waals surface area contributed by atoms with Crippen LogP contribution in [0.4, 0.5) is 23.0 Å². The van der Waals surface area contributed by atoms with E-state index in [9.17, 15) is 4.79 Å². The van der Waals surface area contributed by atoms with E-state index < -0.39 is 0 Å². The molecule has 1 aromatic carbocycles. The van der Waals surface area contributed by atoms with Gasteiger partial charge in [-0.15, -0.1) is 5.11 Å². The lowest BCUT2D eigenvalue weighted by Gasteiger charge is -2.09. The predicted molar refractivity (Wildman–Crippen MR) is 80.1 cm³/mol. The second kappa shape index (κ2) is 6.47. The highest BCUT2D eigenvalue weighted by Gasteiger charge is 2.11. The molecule has 0 fully saturated rings. The number of benzene rings is 1. The van der Waals surface area contributed by atoms with Crippen LogP contribution in [0.5, 0.6) is 5.75 Å². The minimum absolute atomic E-state index is 0.167. The summed E-state index contributed by atoms with van der Waals surface area (Å²) in [5.74, 6) is 0.495. The Labute approximate surface area is 121 Å². The van der Waals surface area contributed by atoms with Crippen molar-refractivity contribution in [2.75, 3.05) is 18.2 Å². The molecule has 0 bridgehead atoms. The van der Waals surface area contributed by atoms with E-state index in [0.717, 1.165) is 0 Å². The number of carbonyl (C=O) groups excluding carboxylic acids is 1. The van der Waals surface area contributed by atoms with E-state index in [1.54, 1.807) is 6.07 Å². The van der Waals surface area contributed by atoms with Gasteiger partial charge in [0.2, 0.25) is 5.91 Å². The number of pyridine rings is 1. The fourth-order valence-electron chi connectivity index (χ4n) is 1.60. The molecule has 108 valence electrons. The molecule has 7 heteroatoms. The zero-order valence-corrected chi connectivity index (χ0v) is 11.7. The highest BCUT2D eigenvalue weighted by molar-refractivity contribution is 5.91. The number of hydrogen-bond acceptors (Lipinski definition) is 6. The van der Waals surface area contributed by atoms with Crippen molar-refractivity contribution in [1.29, 1.82) is 0 Å². The third-order valence-corrected chi connectivity index (χ3v) is 2.54. The number of nitrogens with two attached hydrogens (primary N) is 1. The molecule has 0 unspecified atom stereocenters. The molecule has 0 aliphatic carbocycles. The molecule has 21 heavy (non-hydrogen) atoms. The summed E-state index contributed by atoms with van der Waals surface area (Å²) in [7, 11) is 1.48. The van der Waals surface area contributed by atoms with Gasteiger partial charge in [-0.2, -0.15) is 5.11 Å². The number of aromatic nitrogens is 1. The van der Waals surface area contributed by atoms with Crippen LogP contribution in [0.15, 0.2) is 46.6 Å². The van der Waals surface area contributed by atoms with Gasteiger partial charge in [-0.1, -0.05) is 18.2 Å². The van der Waals surface area contributed by atoms with E-state index in [-0.39, 0.29) is 17.5 Å². The Bertz CT molecular complexity index is 671. The zero-order valence-electron chi connectivity index (χ0n) is 11.7. The Hall–Kier alpha value is -2.96. The van der Waals surface area contributed by atoms with Gasteiger partial charge in [-0.3, -0.25) is 4.79 Å². The predicted octanol–water partition coefficient (Wildman–Crippen LogP) is 3.05. The molecule has 7 nitrogen and oxygen atoms in total. The number of nitrogen functional groups attached to an aromatic ring is 1. The summed E-state index contributed by atoms with van der Waals surface area (Å²) in [5.41, 5.74) is 6.77. The largest absolute Gasteiger partial charge is 0.493 e. The first-order valence-corrected chi connectivity index (χ1v) is 6.19. The van der Waals surface area contributed by atoms with Crippen molar-refractivity contribution < 1.29 is 9.53 Å². The van der Waals surface area contributed by atoms with Crippen molar-refractivity contribution in [2.24, 2.45) is 10.2 Å². The van der Waals surface area contributed by atoms with Crippen LogP contribution in [0, 0.1) is 0 Å². The normalized spacial score (nSPS) is 10.6. The summed E-state index contributed by atoms with van der Waals surface area (Å²) in [5, 5.41) is 10.7. The summed E-state index contributed by atoms with van der Waals surface area (Å²) >= 11 is 0. The van der Waals surface area contributed by atoms with Gasteiger partial charge in [0.25, 0.3) is 0 Å². The van der Waals surface area contributed by atoms with E-state index >= 15 is 0 Å². The molecule has 0 spiro atoms. The molecule has 2 aromatic rings. The highest BCUT2D eigenvalue weighted by Crippen LogP contribution is 2.32. The Morgan fingerprint density at radius 3 is 2.62 bits per heavy atom. The number of azo groups is 1. The molecule has 0 atom stereocenters. The first kappa shape index (κ1) is 14.4. The number of methoxy groups -OCH3 is 1. The first-order valence-electron chi connectivity index (χ1n) is 6.19. The third kappa shape index (κ3) is 3.75. The van der Waals surface area contributed by atoms with Gasteiger partial charge < -0.3 is 15.8 Å². The molecule has 0 saturated heterocycles. The van der Waals surface area contributed by atoms with Crippen LogP contribution in [0.25, 0.3) is 0 Å². The van der Waals surface area contributed by atoms with Crippen LogP contribution in [-0.2, 0) is 4.79 Å². The molecule has 3 N–H and O–H groups in total. The number of nitrogens with zero attached hydrogens (tertiary/aromatic N) is 3. The van der Waals surface area contributed by atoms with Gasteiger partial charge >= 0.3 is 0 Å². The highest BCUT2D eigenvalue weighted by atomic mass is 16.5. The van der Waals surface area contributed by atoms with Crippen molar-refractivity contribution in [3.63, 3.8) is 0 Å². The average molecular weight is 285 g/mol. The van der Waals surface area contributed by atoms with Crippen LogP contribution in [0.2, 0.25) is 0 Å². The number of anilines is 2. The molecule has 2 rings (SSSR count). The summed E-state index contributed by atoms with van der Waals surface area (Å²) in [6.07, 6.45) is 0. The molecule has 1 heterocycles. The average Bonchev–Trinajstić information content (AvgIpc) is 2.47. The molecular weight excluding hydrogens is 270 g/mol. The van der Waals surface area contributed by atoms with Crippen molar-refractivity contribution in [1.82, 2.24) is 4.98 Å². The lowest BCUT2D eigenvalue weighted by atomic mass is 10.3. The Balaban J connectivity index is 2.39. The quantitative estimate of drug-likeness (QED) is 0.843. The maximum absolute atomic E-state index is 11.2. The van der Waals surface area contributed by atoms with E-state index in [0.29, 0.717) is 17.1 Å². The number of hydrogen-bond donors (Lipinski definition) is 2. The van der Waals surface area contributed by atoms with Gasteiger partial charge in [0.15, 0.2) is 17.4 Å². The summed E-state index contributed by atoms with van der Waals surface area (Å²) < 4.78 is 5.10. The molecule has 1 aromatic heterocycles. The molecule has 0 radical (unpaired) electrons. The second-order valence-electron chi connectivity index (χ2n) is 4.16. The maximum atomic E-state index is 11.2. The molecule has 0 aliphatic rings. The SMILES string of the molecule is COc1cc(/N=N/c2ccccc2)c(NC(C)=O)nc1N. The summed E-state index contributed by atoms with van der Waals surface area (Å²) in [6.45, 7) is 1.38. The summed E-state index contributed by atoms with van der Waals surface area (Å²) in [6, 6.07) is 10.8. The lowest BCUT2D eigenvalue weighted by molar-refractivity contribution is -0.114. The van der Waals surface area contributed by atoms with Crippen LogP contribution in [-0.4, -0.2) is 18.0 Å². The van der Waals surface area contributed by atoms with Crippen molar-refractivity contribution in [3.05, 3.63) is 36.4 Å². The van der Waals surface area contributed by atoms with E-state index in [1.807, 2.05) is 30.3 Å². The number of carbonyl (C=O) groups is 1. The lowest BCUT2D eigenvalue weighted by Crippen LogP contribution is -2.09. The van der Waals surface area contributed by atoms with E-state index in [4.69, 9.17) is 10.5 Å². The van der Waals surface area contributed by atoms with Crippen LogP contribution in [0.3, 0.4) is 0 Å². The Kier molecular flexibility index (Phi) is 4.45.